The number of benzene rings is 1. The number of aromatic nitrogens is 1. The van der Waals surface area contributed by atoms with E-state index in [4.69, 9.17) is 22.1 Å². The summed E-state index contributed by atoms with van der Waals surface area (Å²) in [7, 11) is 0. The van der Waals surface area contributed by atoms with Crippen LogP contribution in [0, 0.1) is 0 Å². The van der Waals surface area contributed by atoms with Crippen LogP contribution >= 0.6 is 11.6 Å². The number of nitrogens with one attached hydrogen (secondary N) is 1. The van der Waals surface area contributed by atoms with Gasteiger partial charge in [0.2, 0.25) is 0 Å². The lowest BCUT2D eigenvalue weighted by atomic mass is 10.1. The first-order valence-corrected chi connectivity index (χ1v) is 6.95. The summed E-state index contributed by atoms with van der Waals surface area (Å²) in [6, 6.07) is 9.36. The van der Waals surface area contributed by atoms with Gasteiger partial charge >= 0.3 is 0 Å². The van der Waals surface area contributed by atoms with Crippen LogP contribution < -0.4 is 15.8 Å². The van der Waals surface area contributed by atoms with E-state index in [1.807, 2.05) is 24.3 Å². The number of nitrogens with two attached hydrogens (primary N) is 1. The largest absolute Gasteiger partial charge is 0.488 e. The molecule has 108 valence electrons. The second-order valence-corrected chi connectivity index (χ2v) is 5.23. The fourth-order valence-electron chi connectivity index (χ4n) is 2.29. The average molecular weight is 304 g/mol. The van der Waals surface area contributed by atoms with Gasteiger partial charge < -0.3 is 15.8 Å². The third-order valence-corrected chi connectivity index (χ3v) is 3.61. The van der Waals surface area contributed by atoms with Crippen LogP contribution in [0.2, 0.25) is 5.15 Å². The second-order valence-electron chi connectivity index (χ2n) is 4.87. The molecule has 0 saturated carbocycles. The number of carbonyl (C=O) groups is 1. The molecule has 1 aromatic heterocycles. The number of halogens is 1. The summed E-state index contributed by atoms with van der Waals surface area (Å²) in [5.74, 6) is 0.569. The van der Waals surface area contributed by atoms with Crippen molar-refractivity contribution in [2.75, 3.05) is 12.3 Å². The van der Waals surface area contributed by atoms with E-state index in [-0.39, 0.29) is 22.7 Å². The van der Waals surface area contributed by atoms with Gasteiger partial charge in [-0.2, -0.15) is 0 Å². The Morgan fingerprint density at radius 1 is 1.48 bits per heavy atom. The van der Waals surface area contributed by atoms with E-state index in [2.05, 4.69) is 10.3 Å². The third kappa shape index (κ3) is 2.92. The molecule has 0 bridgehead atoms. The number of ether oxygens (including phenoxy) is 1. The average Bonchev–Trinajstić information content (AvgIpc) is 2.90. The zero-order valence-corrected chi connectivity index (χ0v) is 11.9. The molecule has 0 radical (unpaired) electrons. The van der Waals surface area contributed by atoms with Gasteiger partial charge in [-0.3, -0.25) is 4.79 Å². The topological polar surface area (TPSA) is 77.2 Å². The highest BCUT2D eigenvalue weighted by Crippen LogP contribution is 2.27. The first-order valence-electron chi connectivity index (χ1n) is 6.57. The molecule has 5 nitrogen and oxygen atoms in total. The number of hydrogen-bond donors (Lipinski definition) is 2. The lowest BCUT2D eigenvalue weighted by Gasteiger charge is -2.12. The monoisotopic (exact) mass is 303 g/mol. The normalized spacial score (nSPS) is 16.1. The number of amides is 1. The van der Waals surface area contributed by atoms with Gasteiger partial charge in [0.15, 0.2) is 0 Å². The van der Waals surface area contributed by atoms with Gasteiger partial charge in [0.05, 0.1) is 24.0 Å². The summed E-state index contributed by atoms with van der Waals surface area (Å²) in [4.78, 5) is 16.0. The Morgan fingerprint density at radius 2 is 2.29 bits per heavy atom. The van der Waals surface area contributed by atoms with Crippen molar-refractivity contribution >= 4 is 23.2 Å². The highest BCUT2D eigenvalue weighted by Gasteiger charge is 2.23. The molecule has 2 aromatic rings. The van der Waals surface area contributed by atoms with Crippen LogP contribution in [0.25, 0.3) is 0 Å². The summed E-state index contributed by atoms with van der Waals surface area (Å²) in [6.45, 7) is 0.401. The van der Waals surface area contributed by atoms with Crippen molar-refractivity contribution in [2.24, 2.45) is 0 Å². The minimum absolute atomic E-state index is 0.0702. The van der Waals surface area contributed by atoms with Gasteiger partial charge in [-0.05, 0) is 17.7 Å². The summed E-state index contributed by atoms with van der Waals surface area (Å²) < 4.78 is 5.76. The lowest BCUT2D eigenvalue weighted by Crippen LogP contribution is -2.34. The number of nitrogen functional groups attached to an aromatic ring is 1. The van der Waals surface area contributed by atoms with Crippen molar-refractivity contribution in [2.45, 2.75) is 12.5 Å². The van der Waals surface area contributed by atoms with E-state index >= 15 is 0 Å². The fourth-order valence-corrected chi connectivity index (χ4v) is 2.48. The van der Waals surface area contributed by atoms with Gasteiger partial charge in [0.1, 0.15) is 17.0 Å². The van der Waals surface area contributed by atoms with E-state index in [0.717, 1.165) is 17.7 Å². The first kappa shape index (κ1) is 13.7. The Balaban J connectivity index is 1.61. The number of fused-ring (bicyclic) bond motifs is 1. The molecular weight excluding hydrogens is 290 g/mol. The van der Waals surface area contributed by atoms with Gasteiger partial charge in [-0.1, -0.05) is 29.8 Å². The third-order valence-electron chi connectivity index (χ3n) is 3.31. The van der Waals surface area contributed by atoms with Crippen LogP contribution in [0.5, 0.6) is 5.75 Å². The van der Waals surface area contributed by atoms with Crippen molar-refractivity contribution in [3.8, 4) is 5.75 Å². The summed E-state index contributed by atoms with van der Waals surface area (Å²) in [5.41, 5.74) is 7.44. The van der Waals surface area contributed by atoms with E-state index in [1.54, 1.807) is 0 Å². The lowest BCUT2D eigenvalue weighted by molar-refractivity contribution is 0.0933. The van der Waals surface area contributed by atoms with E-state index in [9.17, 15) is 4.79 Å². The maximum absolute atomic E-state index is 12.1. The van der Waals surface area contributed by atoms with Crippen molar-refractivity contribution in [1.82, 2.24) is 10.3 Å². The summed E-state index contributed by atoms with van der Waals surface area (Å²) in [6.07, 6.45) is 2.12. The molecule has 3 N–H and O–H groups in total. The van der Waals surface area contributed by atoms with Crippen LogP contribution in [0.3, 0.4) is 0 Å². The number of para-hydroxylation sites is 1. The second kappa shape index (κ2) is 5.61. The van der Waals surface area contributed by atoms with E-state index < -0.39 is 0 Å². The Kier molecular flexibility index (Phi) is 3.66. The molecule has 0 aliphatic carbocycles. The Morgan fingerprint density at radius 3 is 3.10 bits per heavy atom. The van der Waals surface area contributed by atoms with Crippen molar-refractivity contribution < 1.29 is 9.53 Å². The van der Waals surface area contributed by atoms with E-state index in [1.165, 1.54) is 12.3 Å². The molecule has 1 unspecified atom stereocenters. The highest BCUT2D eigenvalue weighted by atomic mass is 35.5. The molecule has 21 heavy (non-hydrogen) atoms. The van der Waals surface area contributed by atoms with Gasteiger partial charge in [-0.25, -0.2) is 4.98 Å². The molecule has 6 heteroatoms. The van der Waals surface area contributed by atoms with Crippen LogP contribution in [-0.4, -0.2) is 23.5 Å². The molecule has 1 aromatic carbocycles. The van der Waals surface area contributed by atoms with Gasteiger partial charge in [0, 0.05) is 6.42 Å². The van der Waals surface area contributed by atoms with Gasteiger partial charge in [-0.15, -0.1) is 0 Å². The maximum atomic E-state index is 12.1. The minimum atomic E-state index is -0.306. The predicted molar refractivity (Wildman–Crippen MR) is 80.6 cm³/mol. The number of pyridine rings is 1. The molecule has 0 saturated heterocycles. The van der Waals surface area contributed by atoms with Crippen LogP contribution in [0.1, 0.15) is 15.9 Å². The van der Waals surface area contributed by atoms with Crippen LogP contribution in [0.15, 0.2) is 36.5 Å². The molecule has 0 fully saturated rings. The molecule has 1 aliphatic rings. The first-order chi connectivity index (χ1) is 10.1. The number of anilines is 1. The molecule has 2 heterocycles. The number of nitrogens with zero attached hydrogens (tertiary/aromatic N) is 1. The standard InChI is InChI=1S/C15H14ClN3O2/c16-14-12(6-10(17)7-18-14)15(20)19-8-11-5-9-3-1-2-4-13(9)21-11/h1-4,6-7,11H,5,8,17H2,(H,19,20). The Hall–Kier alpha value is -2.27. The zero-order chi connectivity index (χ0) is 14.8. The number of rotatable bonds is 3. The van der Waals surface area contributed by atoms with Gasteiger partial charge in [0.25, 0.3) is 5.91 Å². The SMILES string of the molecule is Nc1cnc(Cl)c(C(=O)NCC2Cc3ccccc3O2)c1. The molecule has 1 atom stereocenters. The number of hydrogen-bond acceptors (Lipinski definition) is 4. The zero-order valence-electron chi connectivity index (χ0n) is 11.2. The van der Waals surface area contributed by atoms with Crippen molar-refractivity contribution in [1.29, 1.82) is 0 Å². The van der Waals surface area contributed by atoms with E-state index in [0.29, 0.717) is 12.2 Å². The predicted octanol–water partition coefficient (Wildman–Crippen LogP) is 2.05. The molecule has 3 rings (SSSR count). The fraction of sp³-hybridized carbons (Fsp3) is 0.200. The minimum Gasteiger partial charge on any atom is -0.488 e. The maximum Gasteiger partial charge on any atom is 0.254 e. The molecule has 1 aliphatic heterocycles. The van der Waals surface area contributed by atoms with Crippen molar-refractivity contribution in [3.63, 3.8) is 0 Å². The highest BCUT2D eigenvalue weighted by molar-refractivity contribution is 6.32. The van der Waals surface area contributed by atoms with Crippen LogP contribution in [0.4, 0.5) is 5.69 Å². The smallest absolute Gasteiger partial charge is 0.254 e. The molecule has 0 spiro atoms. The van der Waals surface area contributed by atoms with Crippen LogP contribution in [-0.2, 0) is 6.42 Å². The quantitative estimate of drug-likeness (QED) is 0.851. The Bertz CT molecular complexity index is 665. The summed E-state index contributed by atoms with van der Waals surface area (Å²) in [5, 5.41) is 2.94. The Labute approximate surface area is 127 Å². The van der Waals surface area contributed by atoms with Crippen molar-refractivity contribution in [3.05, 3.63) is 52.8 Å². The molecule has 1 amide bonds. The number of carbonyl (C=O) groups excluding carboxylic acids is 1. The summed E-state index contributed by atoms with van der Waals surface area (Å²) >= 11 is 5.90. The molecular formula is C15H14ClN3O2.